The Balaban J connectivity index is 2.25. The van der Waals surface area contributed by atoms with E-state index < -0.39 is 10.0 Å². The summed E-state index contributed by atoms with van der Waals surface area (Å²) in [7, 11) is -0.244. The van der Waals surface area contributed by atoms with Crippen molar-refractivity contribution in [2.24, 2.45) is 0 Å². The summed E-state index contributed by atoms with van der Waals surface area (Å²) in [5, 5.41) is 2.95. The predicted molar refractivity (Wildman–Crippen MR) is 77.3 cm³/mol. The molecule has 0 atom stereocenters. The molecule has 0 unspecified atom stereocenters. The molecule has 1 aromatic rings. The highest BCUT2D eigenvalue weighted by Gasteiger charge is 2.25. The van der Waals surface area contributed by atoms with E-state index in [-0.39, 0.29) is 10.8 Å². The first-order valence-corrected chi connectivity index (χ1v) is 7.99. The number of hydrogen-bond acceptors (Lipinski definition) is 4. The molecule has 20 heavy (non-hydrogen) atoms. The lowest BCUT2D eigenvalue weighted by Crippen LogP contribution is -2.31. The summed E-state index contributed by atoms with van der Waals surface area (Å²) in [6.07, 6.45) is 1.13. The zero-order valence-electron chi connectivity index (χ0n) is 11.6. The smallest absolute Gasteiger partial charge is 0.240 e. The maximum atomic E-state index is 12.1. The van der Waals surface area contributed by atoms with Gasteiger partial charge in [-0.1, -0.05) is 0 Å². The molecule has 1 aliphatic rings. The van der Waals surface area contributed by atoms with Gasteiger partial charge < -0.3 is 10.2 Å². The van der Waals surface area contributed by atoms with Crippen LogP contribution in [0.1, 0.15) is 12.0 Å². The molecular weight excluding hydrogens is 278 g/mol. The van der Waals surface area contributed by atoms with Crippen LogP contribution in [0.5, 0.6) is 0 Å². The third-order valence-electron chi connectivity index (χ3n) is 3.42. The summed E-state index contributed by atoms with van der Waals surface area (Å²) >= 11 is 0. The van der Waals surface area contributed by atoms with Crippen molar-refractivity contribution in [3.63, 3.8) is 0 Å². The van der Waals surface area contributed by atoms with Crippen molar-refractivity contribution < 1.29 is 13.2 Å². The van der Waals surface area contributed by atoms with Gasteiger partial charge in [-0.25, -0.2) is 13.1 Å². The van der Waals surface area contributed by atoms with Gasteiger partial charge >= 0.3 is 0 Å². The molecule has 2 rings (SSSR count). The highest BCUT2D eigenvalue weighted by atomic mass is 32.2. The van der Waals surface area contributed by atoms with Gasteiger partial charge in [0.15, 0.2) is 0 Å². The highest BCUT2D eigenvalue weighted by Crippen LogP contribution is 2.30. The van der Waals surface area contributed by atoms with Crippen molar-refractivity contribution in [3.8, 4) is 0 Å². The van der Waals surface area contributed by atoms with E-state index in [9.17, 15) is 13.2 Å². The fraction of sp³-hybridized carbons (Fsp3) is 0.462. The minimum Gasteiger partial charge on any atom is -0.319 e. The van der Waals surface area contributed by atoms with Crippen LogP contribution >= 0.6 is 0 Å². The first kappa shape index (κ1) is 15.0. The average molecular weight is 297 g/mol. The molecule has 0 spiro atoms. The predicted octanol–water partition coefficient (Wildman–Crippen LogP) is 0.0933. The lowest BCUT2D eigenvalue weighted by Gasteiger charge is -2.17. The number of nitrogens with one attached hydrogen (secondary N) is 2. The Morgan fingerprint density at radius 1 is 1.35 bits per heavy atom. The largest absolute Gasteiger partial charge is 0.319 e. The maximum absolute atomic E-state index is 12.1. The summed E-state index contributed by atoms with van der Waals surface area (Å²) in [6.45, 7) is 1.25. The topological polar surface area (TPSA) is 78.5 Å². The van der Waals surface area contributed by atoms with Crippen LogP contribution in [0.3, 0.4) is 0 Å². The normalized spacial score (nSPS) is 14.4. The SMILES string of the molecule is CNCCC(=O)N1CCc2cc(S(=O)(=O)NC)ccc21. The molecule has 0 aromatic heterocycles. The third-order valence-corrected chi connectivity index (χ3v) is 4.83. The molecule has 7 heteroatoms. The van der Waals surface area contributed by atoms with Crippen molar-refractivity contribution in [3.05, 3.63) is 23.8 Å². The summed E-state index contributed by atoms with van der Waals surface area (Å²) in [4.78, 5) is 14.0. The number of benzene rings is 1. The molecule has 1 aromatic carbocycles. The van der Waals surface area contributed by atoms with Gasteiger partial charge in [0.25, 0.3) is 0 Å². The number of hydrogen-bond donors (Lipinski definition) is 2. The second-order valence-electron chi connectivity index (χ2n) is 4.65. The van der Waals surface area contributed by atoms with Crippen molar-refractivity contribution in [1.29, 1.82) is 0 Å². The van der Waals surface area contributed by atoms with Crippen LogP contribution in [0.25, 0.3) is 0 Å². The zero-order valence-corrected chi connectivity index (χ0v) is 12.5. The molecule has 6 nitrogen and oxygen atoms in total. The first-order valence-electron chi connectivity index (χ1n) is 6.51. The quantitative estimate of drug-likeness (QED) is 0.807. The zero-order chi connectivity index (χ0) is 14.8. The van der Waals surface area contributed by atoms with Crippen LogP contribution in [0.15, 0.2) is 23.1 Å². The molecule has 1 amide bonds. The number of nitrogens with zero attached hydrogens (tertiary/aromatic N) is 1. The van der Waals surface area contributed by atoms with E-state index in [0.29, 0.717) is 25.9 Å². The molecule has 0 fully saturated rings. The Hall–Kier alpha value is -1.44. The fourth-order valence-electron chi connectivity index (χ4n) is 2.29. The van der Waals surface area contributed by atoms with Gasteiger partial charge in [0.05, 0.1) is 4.90 Å². The van der Waals surface area contributed by atoms with Gasteiger partial charge in [-0.2, -0.15) is 0 Å². The van der Waals surface area contributed by atoms with Gasteiger partial charge in [0.2, 0.25) is 15.9 Å². The third kappa shape index (κ3) is 2.84. The molecule has 110 valence electrons. The molecule has 0 radical (unpaired) electrons. The van der Waals surface area contributed by atoms with E-state index in [0.717, 1.165) is 11.3 Å². The number of rotatable bonds is 5. The van der Waals surface area contributed by atoms with Gasteiger partial charge in [0.1, 0.15) is 0 Å². The highest BCUT2D eigenvalue weighted by molar-refractivity contribution is 7.89. The Labute approximate surface area is 119 Å². The van der Waals surface area contributed by atoms with Crippen molar-refractivity contribution in [2.75, 3.05) is 32.1 Å². The Bertz CT molecular complexity index is 613. The number of sulfonamides is 1. The van der Waals surface area contributed by atoms with Crippen LogP contribution in [-0.4, -0.2) is 41.5 Å². The van der Waals surface area contributed by atoms with E-state index in [2.05, 4.69) is 10.0 Å². The maximum Gasteiger partial charge on any atom is 0.240 e. The molecule has 0 bridgehead atoms. The number of amides is 1. The Morgan fingerprint density at radius 3 is 2.75 bits per heavy atom. The van der Waals surface area contributed by atoms with Crippen LogP contribution in [0, 0.1) is 0 Å². The van der Waals surface area contributed by atoms with Crippen LogP contribution < -0.4 is 14.9 Å². The molecule has 1 heterocycles. The second-order valence-corrected chi connectivity index (χ2v) is 6.53. The Kier molecular flexibility index (Phi) is 4.42. The Morgan fingerprint density at radius 2 is 2.10 bits per heavy atom. The van der Waals surface area contributed by atoms with Crippen molar-refractivity contribution >= 4 is 21.6 Å². The number of anilines is 1. The van der Waals surface area contributed by atoms with Crippen molar-refractivity contribution in [2.45, 2.75) is 17.7 Å². The molecule has 0 saturated carbocycles. The minimum absolute atomic E-state index is 0.0577. The van der Waals surface area contributed by atoms with E-state index >= 15 is 0 Å². The second kappa shape index (κ2) is 5.90. The molecule has 2 N–H and O–H groups in total. The fourth-order valence-corrected chi connectivity index (χ4v) is 3.07. The molecule has 0 saturated heterocycles. The van der Waals surface area contributed by atoms with Crippen LogP contribution in [-0.2, 0) is 21.2 Å². The number of carbonyl (C=O) groups excluding carboxylic acids is 1. The summed E-state index contributed by atoms with van der Waals surface area (Å²) in [6, 6.07) is 4.89. The standard InChI is InChI=1S/C13H19N3O3S/c1-14-7-5-13(17)16-8-6-10-9-11(3-4-12(10)16)20(18,19)15-2/h3-4,9,14-15H,5-8H2,1-2H3. The summed E-state index contributed by atoms with van der Waals surface area (Å²) < 4.78 is 25.8. The molecular formula is C13H19N3O3S. The van der Waals surface area contributed by atoms with E-state index in [4.69, 9.17) is 0 Å². The first-order chi connectivity index (χ1) is 9.49. The van der Waals surface area contributed by atoms with Gasteiger partial charge in [-0.3, -0.25) is 4.79 Å². The van der Waals surface area contributed by atoms with Gasteiger partial charge in [-0.05, 0) is 44.3 Å². The molecule has 0 aliphatic carbocycles. The molecule has 1 aliphatic heterocycles. The number of fused-ring (bicyclic) bond motifs is 1. The minimum atomic E-state index is -3.44. The van der Waals surface area contributed by atoms with E-state index in [1.54, 1.807) is 24.1 Å². The number of carbonyl (C=O) groups is 1. The van der Waals surface area contributed by atoms with Crippen LogP contribution in [0.4, 0.5) is 5.69 Å². The lowest BCUT2D eigenvalue weighted by molar-refractivity contribution is -0.118. The van der Waals surface area contributed by atoms with Crippen LogP contribution in [0.2, 0.25) is 0 Å². The van der Waals surface area contributed by atoms with Crippen molar-refractivity contribution in [1.82, 2.24) is 10.0 Å². The van der Waals surface area contributed by atoms with Gasteiger partial charge in [-0.15, -0.1) is 0 Å². The van der Waals surface area contributed by atoms with E-state index in [1.807, 2.05) is 0 Å². The average Bonchev–Trinajstić information content (AvgIpc) is 2.87. The van der Waals surface area contributed by atoms with Gasteiger partial charge in [0, 0.05) is 25.2 Å². The lowest BCUT2D eigenvalue weighted by atomic mass is 10.2. The van der Waals surface area contributed by atoms with E-state index in [1.165, 1.54) is 13.1 Å². The monoisotopic (exact) mass is 297 g/mol. The summed E-state index contributed by atoms with van der Waals surface area (Å²) in [5.41, 5.74) is 1.72. The summed E-state index contributed by atoms with van der Waals surface area (Å²) in [5.74, 6) is 0.0577.